The molecule has 0 radical (unpaired) electrons. The summed E-state index contributed by atoms with van der Waals surface area (Å²) in [6.07, 6.45) is 4.77. The molecule has 0 amide bonds. The first-order valence-electron chi connectivity index (χ1n) is 6.94. The van der Waals surface area contributed by atoms with Gasteiger partial charge in [0.05, 0.1) is 12.7 Å². The molecule has 1 aliphatic carbocycles. The summed E-state index contributed by atoms with van der Waals surface area (Å²) in [4.78, 5) is 0. The van der Waals surface area contributed by atoms with Gasteiger partial charge < -0.3 is 15.2 Å². The maximum absolute atomic E-state index is 10.3. The standard InChI is InChI=1S/C15H21NO2/c1-10-12-5-3-2-4-11(12)8-13(17)15(10)14-9-16-6-7-18-14/h8,14,16-17H,2-7,9H2,1H3. The van der Waals surface area contributed by atoms with Crippen LogP contribution in [0.3, 0.4) is 0 Å². The molecule has 0 saturated carbocycles. The predicted octanol–water partition coefficient (Wildman–Crippen LogP) is 2.24. The van der Waals surface area contributed by atoms with E-state index in [0.29, 0.717) is 5.75 Å². The minimum absolute atomic E-state index is 0.00553. The molecule has 1 aromatic rings. The molecule has 2 aliphatic rings. The van der Waals surface area contributed by atoms with E-state index in [-0.39, 0.29) is 6.10 Å². The Morgan fingerprint density at radius 3 is 2.94 bits per heavy atom. The number of fused-ring (bicyclic) bond motifs is 1. The number of phenolic OH excluding ortho intramolecular Hbond substituents is 1. The van der Waals surface area contributed by atoms with E-state index in [1.165, 1.54) is 29.5 Å². The number of aryl methyl sites for hydroxylation is 1. The number of hydrogen-bond donors (Lipinski definition) is 2. The smallest absolute Gasteiger partial charge is 0.121 e. The van der Waals surface area contributed by atoms with E-state index in [1.807, 2.05) is 6.07 Å². The predicted molar refractivity (Wildman–Crippen MR) is 71.0 cm³/mol. The topological polar surface area (TPSA) is 41.5 Å². The summed E-state index contributed by atoms with van der Waals surface area (Å²) in [5.41, 5.74) is 5.04. The fourth-order valence-electron chi connectivity index (χ4n) is 3.27. The molecule has 1 aromatic carbocycles. The fraction of sp³-hybridized carbons (Fsp3) is 0.600. The third-order valence-electron chi connectivity index (χ3n) is 4.20. The Bertz CT molecular complexity index is 450. The van der Waals surface area contributed by atoms with Crippen molar-refractivity contribution in [1.29, 1.82) is 0 Å². The Hall–Kier alpha value is -1.06. The molecule has 1 unspecified atom stereocenters. The highest BCUT2D eigenvalue weighted by atomic mass is 16.5. The van der Waals surface area contributed by atoms with Crippen molar-refractivity contribution in [2.24, 2.45) is 0 Å². The van der Waals surface area contributed by atoms with Gasteiger partial charge in [-0.25, -0.2) is 0 Å². The van der Waals surface area contributed by atoms with E-state index in [1.54, 1.807) is 0 Å². The van der Waals surface area contributed by atoms with Crippen LogP contribution in [0.4, 0.5) is 0 Å². The van der Waals surface area contributed by atoms with Gasteiger partial charge in [-0.3, -0.25) is 0 Å². The van der Waals surface area contributed by atoms with E-state index in [2.05, 4.69) is 12.2 Å². The summed E-state index contributed by atoms with van der Waals surface area (Å²) in [6, 6.07) is 1.97. The van der Waals surface area contributed by atoms with Gasteiger partial charge in [0.2, 0.25) is 0 Å². The normalized spacial score (nSPS) is 23.7. The quantitative estimate of drug-likeness (QED) is 0.799. The Morgan fingerprint density at radius 2 is 2.17 bits per heavy atom. The average Bonchev–Trinajstić information content (AvgIpc) is 2.40. The summed E-state index contributed by atoms with van der Waals surface area (Å²) < 4.78 is 5.79. The largest absolute Gasteiger partial charge is 0.508 e. The van der Waals surface area contributed by atoms with Crippen molar-refractivity contribution in [3.63, 3.8) is 0 Å². The van der Waals surface area contributed by atoms with Gasteiger partial charge in [0.1, 0.15) is 5.75 Å². The molecule has 1 heterocycles. The molecule has 1 atom stereocenters. The summed E-state index contributed by atoms with van der Waals surface area (Å²) in [5, 5.41) is 13.6. The Labute approximate surface area is 108 Å². The number of morpholine rings is 1. The molecule has 1 aliphatic heterocycles. The second-order valence-electron chi connectivity index (χ2n) is 5.34. The molecule has 18 heavy (non-hydrogen) atoms. The monoisotopic (exact) mass is 247 g/mol. The van der Waals surface area contributed by atoms with Crippen LogP contribution in [0.1, 0.15) is 41.2 Å². The summed E-state index contributed by atoms with van der Waals surface area (Å²) in [6.45, 7) is 4.56. The first kappa shape index (κ1) is 12.0. The lowest BCUT2D eigenvalue weighted by Gasteiger charge is -2.29. The van der Waals surface area contributed by atoms with Crippen LogP contribution in [0.5, 0.6) is 5.75 Å². The number of hydrogen-bond acceptors (Lipinski definition) is 3. The lowest BCUT2D eigenvalue weighted by atomic mass is 9.84. The van der Waals surface area contributed by atoms with Gasteiger partial charge in [-0.2, -0.15) is 0 Å². The van der Waals surface area contributed by atoms with Gasteiger partial charge in [-0.1, -0.05) is 0 Å². The zero-order valence-corrected chi connectivity index (χ0v) is 11.0. The van der Waals surface area contributed by atoms with Gasteiger partial charge in [-0.05, 0) is 55.4 Å². The van der Waals surface area contributed by atoms with Gasteiger partial charge in [0.25, 0.3) is 0 Å². The molecule has 2 N–H and O–H groups in total. The van der Waals surface area contributed by atoms with Gasteiger partial charge in [-0.15, -0.1) is 0 Å². The minimum atomic E-state index is 0.00553. The zero-order valence-electron chi connectivity index (χ0n) is 11.0. The third kappa shape index (κ3) is 2.02. The molecular weight excluding hydrogens is 226 g/mol. The number of benzene rings is 1. The minimum Gasteiger partial charge on any atom is -0.508 e. The van der Waals surface area contributed by atoms with E-state index < -0.39 is 0 Å². The number of phenols is 1. The molecular formula is C15H21NO2. The van der Waals surface area contributed by atoms with Crippen molar-refractivity contribution in [3.05, 3.63) is 28.3 Å². The first-order chi connectivity index (χ1) is 8.77. The van der Waals surface area contributed by atoms with Crippen molar-refractivity contribution in [1.82, 2.24) is 5.32 Å². The van der Waals surface area contributed by atoms with Crippen LogP contribution in [0, 0.1) is 6.92 Å². The van der Waals surface area contributed by atoms with E-state index >= 15 is 0 Å². The maximum Gasteiger partial charge on any atom is 0.121 e. The van der Waals surface area contributed by atoms with Crippen LogP contribution in [-0.2, 0) is 17.6 Å². The van der Waals surface area contributed by atoms with Crippen molar-refractivity contribution >= 4 is 0 Å². The molecule has 1 saturated heterocycles. The molecule has 3 heteroatoms. The average molecular weight is 247 g/mol. The van der Waals surface area contributed by atoms with Crippen LogP contribution in [0.2, 0.25) is 0 Å². The van der Waals surface area contributed by atoms with Crippen molar-refractivity contribution in [3.8, 4) is 5.75 Å². The highest BCUT2D eigenvalue weighted by molar-refractivity contribution is 5.50. The molecule has 3 rings (SSSR count). The first-order valence-corrected chi connectivity index (χ1v) is 6.94. The third-order valence-corrected chi connectivity index (χ3v) is 4.20. The number of aromatic hydroxyl groups is 1. The summed E-state index contributed by atoms with van der Waals surface area (Å²) in [7, 11) is 0. The van der Waals surface area contributed by atoms with Crippen molar-refractivity contribution in [2.75, 3.05) is 19.7 Å². The second kappa shape index (κ2) is 4.90. The molecule has 3 nitrogen and oxygen atoms in total. The molecule has 1 fully saturated rings. The summed E-state index contributed by atoms with van der Waals surface area (Å²) >= 11 is 0. The Morgan fingerprint density at radius 1 is 1.33 bits per heavy atom. The van der Waals surface area contributed by atoms with Crippen LogP contribution in [-0.4, -0.2) is 24.8 Å². The van der Waals surface area contributed by atoms with Gasteiger partial charge in [0.15, 0.2) is 0 Å². The van der Waals surface area contributed by atoms with Gasteiger partial charge in [0, 0.05) is 18.7 Å². The van der Waals surface area contributed by atoms with Crippen molar-refractivity contribution < 1.29 is 9.84 Å². The lowest BCUT2D eigenvalue weighted by Crippen LogP contribution is -2.34. The summed E-state index contributed by atoms with van der Waals surface area (Å²) in [5.74, 6) is 0.418. The highest BCUT2D eigenvalue weighted by Gasteiger charge is 2.25. The highest BCUT2D eigenvalue weighted by Crippen LogP contribution is 2.37. The van der Waals surface area contributed by atoms with Crippen molar-refractivity contribution in [2.45, 2.75) is 38.7 Å². The maximum atomic E-state index is 10.3. The molecule has 98 valence electrons. The number of rotatable bonds is 1. The Balaban J connectivity index is 2.02. The van der Waals surface area contributed by atoms with Crippen LogP contribution < -0.4 is 5.32 Å². The number of ether oxygens (including phenoxy) is 1. The fourth-order valence-corrected chi connectivity index (χ4v) is 3.27. The zero-order chi connectivity index (χ0) is 12.5. The number of nitrogens with one attached hydrogen (secondary N) is 1. The van der Waals surface area contributed by atoms with E-state index in [0.717, 1.165) is 38.1 Å². The van der Waals surface area contributed by atoms with Crippen LogP contribution >= 0.6 is 0 Å². The SMILES string of the molecule is Cc1c2c(cc(O)c1C1CNCCO1)CCCC2. The second-order valence-corrected chi connectivity index (χ2v) is 5.34. The Kier molecular flexibility index (Phi) is 3.27. The van der Waals surface area contributed by atoms with Crippen LogP contribution in [0.25, 0.3) is 0 Å². The molecule has 0 bridgehead atoms. The molecule has 0 aromatic heterocycles. The van der Waals surface area contributed by atoms with E-state index in [4.69, 9.17) is 4.74 Å². The van der Waals surface area contributed by atoms with Gasteiger partial charge >= 0.3 is 0 Å². The lowest BCUT2D eigenvalue weighted by molar-refractivity contribution is 0.0258. The van der Waals surface area contributed by atoms with E-state index in [9.17, 15) is 5.11 Å². The molecule has 0 spiro atoms. The van der Waals surface area contributed by atoms with Crippen LogP contribution in [0.15, 0.2) is 6.07 Å².